The first-order chi connectivity index (χ1) is 10.8. The van der Waals surface area contributed by atoms with E-state index in [9.17, 15) is 23.1 Å². The lowest BCUT2D eigenvalue weighted by molar-refractivity contribution is -0.140. The highest BCUT2D eigenvalue weighted by Crippen LogP contribution is 2.35. The van der Waals surface area contributed by atoms with Crippen LogP contribution in [0.5, 0.6) is 5.75 Å². The number of fused-ring (bicyclic) bond motifs is 1. The van der Waals surface area contributed by atoms with Gasteiger partial charge in [0.15, 0.2) is 0 Å². The lowest BCUT2D eigenvalue weighted by atomic mass is 10.00. The van der Waals surface area contributed by atoms with Crippen molar-refractivity contribution < 1.29 is 22.7 Å². The average Bonchev–Trinajstić information content (AvgIpc) is 2.94. The van der Waals surface area contributed by atoms with E-state index in [0.717, 1.165) is 6.26 Å². The van der Waals surface area contributed by atoms with Crippen LogP contribution in [0.4, 0.5) is 13.2 Å². The number of aryl methyl sites for hydroxylation is 1. The lowest BCUT2D eigenvalue weighted by Gasteiger charge is -2.14. The van der Waals surface area contributed by atoms with E-state index in [-0.39, 0.29) is 22.4 Å². The number of hydrogen-bond acceptors (Lipinski definition) is 3. The molecule has 1 aromatic carbocycles. The molecule has 0 aliphatic carbocycles. The van der Waals surface area contributed by atoms with Gasteiger partial charge in [0.05, 0.1) is 17.2 Å². The summed E-state index contributed by atoms with van der Waals surface area (Å²) in [7, 11) is 0. The molecule has 0 saturated carbocycles. The summed E-state index contributed by atoms with van der Waals surface area (Å²) in [6, 6.07) is 8.01. The number of aromatic hydroxyl groups is 1. The fourth-order valence-corrected chi connectivity index (χ4v) is 2.57. The second-order valence-electron chi connectivity index (χ2n) is 5.18. The number of rotatable bonds is 2. The van der Waals surface area contributed by atoms with Gasteiger partial charge in [-0.2, -0.15) is 13.2 Å². The summed E-state index contributed by atoms with van der Waals surface area (Å²) >= 11 is 0. The Labute approximate surface area is 128 Å². The topological polar surface area (TPSA) is 55.4 Å². The molecular weight excluding hydrogens is 311 g/mol. The maximum absolute atomic E-state index is 12.8. The Hall–Kier alpha value is -2.70. The standard InChI is InChI=1S/C16H12F3NO3/c1-9-4-2-3-5-10(9)12-13(21)11-6-7-23-15(11)20(14(12)22)8-16(17,18)19/h2-7,21H,8H2,1H3. The number of furan rings is 1. The van der Waals surface area contributed by atoms with E-state index in [4.69, 9.17) is 4.42 Å². The molecule has 1 N–H and O–H groups in total. The highest BCUT2D eigenvalue weighted by atomic mass is 19.4. The van der Waals surface area contributed by atoms with Gasteiger partial charge in [-0.1, -0.05) is 24.3 Å². The van der Waals surface area contributed by atoms with Gasteiger partial charge in [0.25, 0.3) is 5.56 Å². The van der Waals surface area contributed by atoms with Crippen LogP contribution in [0.15, 0.2) is 45.8 Å². The maximum Gasteiger partial charge on any atom is 0.406 e. The van der Waals surface area contributed by atoms with E-state index in [1.54, 1.807) is 31.2 Å². The van der Waals surface area contributed by atoms with Crippen LogP contribution >= 0.6 is 0 Å². The lowest BCUT2D eigenvalue weighted by Crippen LogP contribution is -2.29. The molecule has 0 bridgehead atoms. The molecule has 0 fully saturated rings. The zero-order valence-electron chi connectivity index (χ0n) is 12.0. The Bertz CT molecular complexity index is 938. The van der Waals surface area contributed by atoms with Crippen LogP contribution < -0.4 is 5.56 Å². The van der Waals surface area contributed by atoms with Gasteiger partial charge >= 0.3 is 6.18 Å². The molecule has 2 heterocycles. The third kappa shape index (κ3) is 2.58. The van der Waals surface area contributed by atoms with Gasteiger partial charge in [-0.05, 0) is 24.1 Å². The highest BCUT2D eigenvalue weighted by Gasteiger charge is 2.32. The van der Waals surface area contributed by atoms with Crippen LogP contribution in [-0.2, 0) is 6.54 Å². The Balaban J connectivity index is 2.40. The minimum absolute atomic E-state index is 0.0621. The third-order valence-corrected chi connectivity index (χ3v) is 3.59. The van der Waals surface area contributed by atoms with E-state index in [1.807, 2.05) is 0 Å². The summed E-state index contributed by atoms with van der Waals surface area (Å²) in [6.45, 7) is 0.219. The molecule has 0 aliphatic rings. The van der Waals surface area contributed by atoms with Crippen molar-refractivity contribution in [2.45, 2.75) is 19.6 Å². The molecule has 0 aliphatic heterocycles. The monoisotopic (exact) mass is 323 g/mol. The van der Waals surface area contributed by atoms with Crippen LogP contribution in [0.1, 0.15) is 5.56 Å². The van der Waals surface area contributed by atoms with Gasteiger partial charge in [-0.25, -0.2) is 0 Å². The fourth-order valence-electron chi connectivity index (χ4n) is 2.57. The fraction of sp³-hybridized carbons (Fsp3) is 0.188. The number of halogens is 3. The van der Waals surface area contributed by atoms with Crippen molar-refractivity contribution >= 4 is 11.1 Å². The summed E-state index contributed by atoms with van der Waals surface area (Å²) in [5, 5.41) is 10.4. The molecule has 4 nitrogen and oxygen atoms in total. The average molecular weight is 323 g/mol. The Morgan fingerprint density at radius 1 is 1.22 bits per heavy atom. The van der Waals surface area contributed by atoms with E-state index < -0.39 is 18.3 Å². The first-order valence-corrected chi connectivity index (χ1v) is 6.75. The largest absolute Gasteiger partial charge is 0.506 e. The summed E-state index contributed by atoms with van der Waals surface area (Å²) in [5.74, 6) is -0.383. The van der Waals surface area contributed by atoms with Crippen LogP contribution in [0, 0.1) is 6.92 Å². The molecule has 2 aromatic heterocycles. The SMILES string of the molecule is Cc1ccccc1-c1c(O)c2ccoc2n(CC(F)(F)F)c1=O. The normalized spacial score (nSPS) is 12.0. The Morgan fingerprint density at radius 2 is 1.91 bits per heavy atom. The molecular formula is C16H12F3NO3. The first-order valence-electron chi connectivity index (χ1n) is 6.75. The molecule has 0 amide bonds. The number of alkyl halides is 3. The molecule has 120 valence electrons. The summed E-state index contributed by atoms with van der Waals surface area (Å²) in [6.07, 6.45) is -3.46. The first kappa shape index (κ1) is 15.2. The van der Waals surface area contributed by atoms with Crippen molar-refractivity contribution in [2.24, 2.45) is 0 Å². The van der Waals surface area contributed by atoms with E-state index >= 15 is 0 Å². The number of aromatic nitrogens is 1. The Kier molecular flexibility index (Phi) is 3.43. The van der Waals surface area contributed by atoms with Gasteiger partial charge in [0, 0.05) is 0 Å². The molecule has 3 rings (SSSR count). The molecule has 0 unspecified atom stereocenters. The predicted octanol–water partition coefficient (Wildman–Crippen LogP) is 3.84. The number of pyridine rings is 1. The molecule has 0 atom stereocenters. The van der Waals surface area contributed by atoms with E-state index in [1.165, 1.54) is 6.07 Å². The van der Waals surface area contributed by atoms with Crippen LogP contribution in [-0.4, -0.2) is 15.8 Å². The number of benzene rings is 1. The molecule has 0 saturated heterocycles. The van der Waals surface area contributed by atoms with Gasteiger partial charge < -0.3 is 9.52 Å². The highest BCUT2D eigenvalue weighted by molar-refractivity contribution is 5.90. The predicted molar refractivity (Wildman–Crippen MR) is 78.4 cm³/mol. The maximum atomic E-state index is 12.8. The Morgan fingerprint density at radius 3 is 2.57 bits per heavy atom. The summed E-state index contributed by atoms with van der Waals surface area (Å²) in [4.78, 5) is 12.6. The van der Waals surface area contributed by atoms with E-state index in [0.29, 0.717) is 15.7 Å². The molecule has 0 radical (unpaired) electrons. The van der Waals surface area contributed by atoms with Crippen molar-refractivity contribution in [3.8, 4) is 16.9 Å². The van der Waals surface area contributed by atoms with Crippen molar-refractivity contribution in [2.75, 3.05) is 0 Å². The zero-order valence-corrected chi connectivity index (χ0v) is 12.0. The van der Waals surface area contributed by atoms with Crippen molar-refractivity contribution in [3.05, 3.63) is 52.5 Å². The van der Waals surface area contributed by atoms with Crippen molar-refractivity contribution in [1.29, 1.82) is 0 Å². The number of hydrogen-bond donors (Lipinski definition) is 1. The second kappa shape index (κ2) is 5.19. The van der Waals surface area contributed by atoms with Crippen molar-refractivity contribution in [3.63, 3.8) is 0 Å². The smallest absolute Gasteiger partial charge is 0.406 e. The summed E-state index contributed by atoms with van der Waals surface area (Å²) < 4.78 is 43.9. The van der Waals surface area contributed by atoms with E-state index in [2.05, 4.69) is 0 Å². The van der Waals surface area contributed by atoms with Gasteiger partial charge in [-0.3, -0.25) is 9.36 Å². The quantitative estimate of drug-likeness (QED) is 0.779. The number of nitrogens with zero attached hydrogens (tertiary/aromatic N) is 1. The molecule has 7 heteroatoms. The zero-order chi connectivity index (χ0) is 16.8. The van der Waals surface area contributed by atoms with Crippen LogP contribution in [0.25, 0.3) is 22.2 Å². The van der Waals surface area contributed by atoms with Crippen molar-refractivity contribution in [1.82, 2.24) is 4.57 Å². The second-order valence-corrected chi connectivity index (χ2v) is 5.18. The third-order valence-electron chi connectivity index (χ3n) is 3.59. The minimum atomic E-state index is -4.59. The molecule has 3 aromatic rings. The minimum Gasteiger partial charge on any atom is -0.506 e. The van der Waals surface area contributed by atoms with Gasteiger partial charge in [-0.15, -0.1) is 0 Å². The summed E-state index contributed by atoms with van der Waals surface area (Å²) in [5.41, 5.74) is -0.365. The molecule has 23 heavy (non-hydrogen) atoms. The van der Waals surface area contributed by atoms with Gasteiger partial charge in [0.2, 0.25) is 5.71 Å². The van der Waals surface area contributed by atoms with Gasteiger partial charge in [0.1, 0.15) is 12.3 Å². The van der Waals surface area contributed by atoms with Crippen LogP contribution in [0.3, 0.4) is 0 Å². The van der Waals surface area contributed by atoms with Crippen LogP contribution in [0.2, 0.25) is 0 Å². The molecule has 0 spiro atoms.